The zero-order chi connectivity index (χ0) is 21.8. The highest BCUT2D eigenvalue weighted by molar-refractivity contribution is 6.13. The van der Waals surface area contributed by atoms with Crippen molar-refractivity contribution >= 4 is 17.3 Å². The number of piperazine rings is 1. The van der Waals surface area contributed by atoms with Crippen LogP contribution in [0.3, 0.4) is 0 Å². The molecule has 5 nitrogen and oxygen atoms in total. The summed E-state index contributed by atoms with van der Waals surface area (Å²) in [5.74, 6) is 0.568. The maximum absolute atomic E-state index is 13.6. The molecular formula is C26H31N4O+. The maximum atomic E-state index is 13.6. The number of benzene rings is 1. The first-order chi connectivity index (χ1) is 15.0. The molecule has 1 amide bonds. The molecule has 2 aliphatic carbocycles. The van der Waals surface area contributed by atoms with Gasteiger partial charge < -0.3 is 15.2 Å². The van der Waals surface area contributed by atoms with Crippen LogP contribution in [0.1, 0.15) is 20.3 Å². The number of nitrogens with one attached hydrogen (secondary N) is 1. The van der Waals surface area contributed by atoms with E-state index in [4.69, 9.17) is 5.41 Å². The van der Waals surface area contributed by atoms with E-state index < -0.39 is 0 Å². The summed E-state index contributed by atoms with van der Waals surface area (Å²) < 4.78 is 0. The number of para-hydroxylation sites is 1. The van der Waals surface area contributed by atoms with Gasteiger partial charge in [0.2, 0.25) is 5.70 Å². The number of nitrogens with zero attached hydrogens (tertiary/aromatic N) is 2. The van der Waals surface area contributed by atoms with E-state index in [9.17, 15) is 4.79 Å². The summed E-state index contributed by atoms with van der Waals surface area (Å²) in [4.78, 5) is 17.9. The monoisotopic (exact) mass is 415 g/mol. The minimum absolute atomic E-state index is 0.00488. The molecule has 1 heterocycles. The highest BCUT2D eigenvalue weighted by Gasteiger charge is 2.30. The molecule has 3 aliphatic rings. The van der Waals surface area contributed by atoms with Crippen molar-refractivity contribution in [2.75, 3.05) is 26.2 Å². The van der Waals surface area contributed by atoms with Gasteiger partial charge in [0, 0.05) is 31.9 Å². The molecule has 3 N–H and O–H groups in total. The Morgan fingerprint density at radius 3 is 2.45 bits per heavy atom. The molecule has 1 aromatic carbocycles. The molecule has 1 unspecified atom stereocenters. The molecule has 0 aromatic heterocycles. The average Bonchev–Trinajstić information content (AvgIpc) is 2.78. The summed E-state index contributed by atoms with van der Waals surface area (Å²) in [6.45, 7) is 7.50. The first kappa shape index (κ1) is 21.1. The van der Waals surface area contributed by atoms with E-state index in [1.165, 1.54) is 11.3 Å². The standard InChI is InChI=1S/C26H30N4O/c1-19-16-20(2)18-22(17-19)29-12-14-30(15-13-29)26(31)25(23-10-6-7-11-24(23)27)28-21-8-4-3-5-9-21/h3-11,16-17,20,27-28H,12-15,18H2,1-2H3/p+1/b25-23-,27-24?. The van der Waals surface area contributed by atoms with Gasteiger partial charge in [0.25, 0.3) is 0 Å². The van der Waals surface area contributed by atoms with E-state index >= 15 is 0 Å². The van der Waals surface area contributed by atoms with Crippen molar-refractivity contribution in [2.24, 2.45) is 5.92 Å². The third-order valence-electron chi connectivity index (χ3n) is 6.00. The Kier molecular flexibility index (Phi) is 6.33. The Morgan fingerprint density at radius 2 is 1.77 bits per heavy atom. The van der Waals surface area contributed by atoms with Gasteiger partial charge in [0.15, 0.2) is 0 Å². The third-order valence-corrected chi connectivity index (χ3v) is 6.00. The first-order valence-corrected chi connectivity index (χ1v) is 11.0. The maximum Gasteiger partial charge on any atom is 0.309 e. The summed E-state index contributed by atoms with van der Waals surface area (Å²) in [5, 5.41) is 10.3. The number of hydrogen-bond acceptors (Lipinski definition) is 3. The van der Waals surface area contributed by atoms with E-state index in [-0.39, 0.29) is 5.91 Å². The minimum atomic E-state index is 0.00488. The molecule has 1 fully saturated rings. The van der Waals surface area contributed by atoms with Crippen molar-refractivity contribution in [1.29, 1.82) is 5.41 Å². The van der Waals surface area contributed by atoms with Gasteiger partial charge in [-0.2, -0.15) is 0 Å². The Bertz CT molecular complexity index is 1010. The van der Waals surface area contributed by atoms with Gasteiger partial charge in [-0.1, -0.05) is 48.9 Å². The van der Waals surface area contributed by atoms with Crippen LogP contribution in [0.25, 0.3) is 0 Å². The minimum Gasteiger partial charge on any atom is -0.371 e. The number of nitrogens with two attached hydrogens (primary N) is 1. The van der Waals surface area contributed by atoms with Crippen LogP contribution in [-0.4, -0.2) is 47.6 Å². The van der Waals surface area contributed by atoms with E-state index in [1.54, 1.807) is 6.08 Å². The molecule has 1 atom stereocenters. The molecule has 0 spiro atoms. The van der Waals surface area contributed by atoms with Crippen molar-refractivity contribution in [3.05, 3.63) is 89.3 Å². The van der Waals surface area contributed by atoms with Crippen LogP contribution < -0.4 is 5.32 Å². The fraction of sp³-hybridized carbons (Fsp3) is 0.308. The lowest BCUT2D eigenvalue weighted by Crippen LogP contribution is -2.79. The Hall–Kier alpha value is -3.18. The van der Waals surface area contributed by atoms with Crippen molar-refractivity contribution in [2.45, 2.75) is 20.3 Å². The highest BCUT2D eigenvalue weighted by atomic mass is 16.2. The lowest BCUT2D eigenvalue weighted by atomic mass is 9.95. The molecule has 0 saturated carbocycles. The fourth-order valence-corrected chi connectivity index (χ4v) is 4.48. The van der Waals surface area contributed by atoms with Crippen LogP contribution in [0.4, 0.5) is 5.69 Å². The smallest absolute Gasteiger partial charge is 0.309 e. The van der Waals surface area contributed by atoms with Crippen molar-refractivity contribution in [1.82, 2.24) is 9.80 Å². The van der Waals surface area contributed by atoms with Crippen LogP contribution in [0.15, 0.2) is 89.3 Å². The normalized spacial score (nSPS) is 22.9. The first-order valence-electron chi connectivity index (χ1n) is 11.0. The molecule has 1 saturated heterocycles. The summed E-state index contributed by atoms with van der Waals surface area (Å²) in [7, 11) is 0. The number of hydrogen-bond donors (Lipinski definition) is 2. The molecule has 0 bridgehead atoms. The molecule has 5 heteroatoms. The number of allylic oxidation sites excluding steroid dienone is 9. The predicted octanol–water partition coefficient (Wildman–Crippen LogP) is 3.30. The number of amides is 1. The Morgan fingerprint density at radius 1 is 1.06 bits per heavy atom. The molecule has 1 aromatic rings. The summed E-state index contributed by atoms with van der Waals surface area (Å²) >= 11 is 0. The number of carbonyl (C=O) groups is 1. The summed E-state index contributed by atoms with van der Waals surface area (Å²) in [6, 6.07) is 9.88. The van der Waals surface area contributed by atoms with E-state index in [0.717, 1.165) is 25.2 Å². The second-order valence-electron chi connectivity index (χ2n) is 8.52. The molecule has 1 aliphatic heterocycles. The van der Waals surface area contributed by atoms with E-state index in [2.05, 4.69) is 30.9 Å². The largest absolute Gasteiger partial charge is 0.371 e. The zero-order valence-electron chi connectivity index (χ0n) is 18.3. The van der Waals surface area contributed by atoms with Gasteiger partial charge in [-0.05, 0) is 49.6 Å². The number of rotatable bonds is 4. The lowest BCUT2D eigenvalue weighted by molar-refractivity contribution is -0.512. The average molecular weight is 416 g/mol. The number of carbonyl (C=O) groups excluding carboxylic acids is 1. The SMILES string of the molecule is CC1=CC(C)CC(N2CCN(C(=O)/C([NH2+]c3ccccc3)=C3\C=CC=CC3=N)CC2)=C1. The predicted molar refractivity (Wildman–Crippen MR) is 125 cm³/mol. The van der Waals surface area contributed by atoms with Gasteiger partial charge in [0.05, 0.1) is 11.3 Å². The lowest BCUT2D eigenvalue weighted by Gasteiger charge is -2.38. The summed E-state index contributed by atoms with van der Waals surface area (Å²) in [5.41, 5.74) is 5.33. The van der Waals surface area contributed by atoms with Crippen LogP contribution >= 0.6 is 0 Å². The topological polar surface area (TPSA) is 64.0 Å². The van der Waals surface area contributed by atoms with Crippen LogP contribution in [0, 0.1) is 11.3 Å². The second kappa shape index (κ2) is 9.31. The van der Waals surface area contributed by atoms with Crippen LogP contribution in [-0.2, 0) is 4.79 Å². The van der Waals surface area contributed by atoms with Crippen LogP contribution in [0.2, 0.25) is 0 Å². The zero-order valence-corrected chi connectivity index (χ0v) is 18.3. The van der Waals surface area contributed by atoms with Gasteiger partial charge in [0.1, 0.15) is 5.69 Å². The van der Waals surface area contributed by atoms with Crippen LogP contribution in [0.5, 0.6) is 0 Å². The van der Waals surface area contributed by atoms with Crippen molar-refractivity contribution < 1.29 is 10.1 Å². The van der Waals surface area contributed by atoms with Crippen molar-refractivity contribution in [3.8, 4) is 0 Å². The molecule has 4 rings (SSSR count). The van der Waals surface area contributed by atoms with Gasteiger partial charge in [-0.25, -0.2) is 0 Å². The quantitative estimate of drug-likeness (QED) is 0.585. The van der Waals surface area contributed by atoms with Gasteiger partial charge in [-0.15, -0.1) is 0 Å². The summed E-state index contributed by atoms with van der Waals surface area (Å²) in [6.07, 6.45) is 13.0. The second-order valence-corrected chi connectivity index (χ2v) is 8.52. The highest BCUT2D eigenvalue weighted by Crippen LogP contribution is 2.26. The Balaban J connectivity index is 1.51. The van der Waals surface area contributed by atoms with E-state index in [1.807, 2.05) is 58.8 Å². The fourth-order valence-electron chi connectivity index (χ4n) is 4.48. The van der Waals surface area contributed by atoms with E-state index in [0.29, 0.717) is 36.0 Å². The third kappa shape index (κ3) is 4.94. The molecule has 160 valence electrons. The van der Waals surface area contributed by atoms with Gasteiger partial charge >= 0.3 is 5.91 Å². The molecular weight excluding hydrogens is 384 g/mol. The van der Waals surface area contributed by atoms with Crippen molar-refractivity contribution in [3.63, 3.8) is 0 Å². The molecule has 31 heavy (non-hydrogen) atoms. The molecule has 0 radical (unpaired) electrons. The Labute approximate surface area is 184 Å². The van der Waals surface area contributed by atoms with Gasteiger partial charge in [-0.3, -0.25) is 10.1 Å². The number of quaternary nitrogens is 1.